The van der Waals surface area contributed by atoms with Crippen LogP contribution < -0.4 is 14.5 Å². The van der Waals surface area contributed by atoms with Gasteiger partial charge in [0.25, 0.3) is 11.9 Å². The van der Waals surface area contributed by atoms with Gasteiger partial charge in [0, 0.05) is 33.1 Å². The summed E-state index contributed by atoms with van der Waals surface area (Å²) in [6.45, 7) is 1.60. The Morgan fingerprint density at radius 3 is 2.50 bits per heavy atom. The fourth-order valence-corrected chi connectivity index (χ4v) is 4.39. The highest BCUT2D eigenvalue weighted by molar-refractivity contribution is 5.98. The van der Waals surface area contributed by atoms with E-state index in [1.807, 2.05) is 42.5 Å². The number of rotatable bonds is 3. The lowest BCUT2D eigenvalue weighted by Crippen LogP contribution is -2.52. The molecule has 2 aliphatic heterocycles. The van der Waals surface area contributed by atoms with Crippen LogP contribution in [0.15, 0.2) is 52.9 Å². The van der Waals surface area contributed by atoms with Crippen molar-refractivity contribution >= 4 is 34.6 Å². The summed E-state index contributed by atoms with van der Waals surface area (Å²) in [5.74, 6) is 0.325. The average Bonchev–Trinajstić information content (AvgIpc) is 3.27. The molecular formula is C24H26N4O4. The van der Waals surface area contributed by atoms with E-state index in [9.17, 15) is 9.59 Å². The number of fused-ring (bicyclic) bond motifs is 2. The van der Waals surface area contributed by atoms with Crippen molar-refractivity contribution in [2.75, 3.05) is 43.5 Å². The van der Waals surface area contributed by atoms with E-state index in [1.54, 1.807) is 25.1 Å². The smallest absolute Gasteiger partial charge is 0.298 e. The van der Waals surface area contributed by atoms with Crippen molar-refractivity contribution < 1.29 is 18.7 Å². The molecule has 1 aromatic heterocycles. The lowest BCUT2D eigenvalue weighted by molar-refractivity contribution is -0.136. The highest BCUT2D eigenvalue weighted by Crippen LogP contribution is 2.36. The molecule has 0 spiro atoms. The summed E-state index contributed by atoms with van der Waals surface area (Å²) < 4.78 is 11.8. The normalized spacial score (nSPS) is 18.9. The molecule has 0 aliphatic carbocycles. The van der Waals surface area contributed by atoms with Gasteiger partial charge in [0.2, 0.25) is 5.91 Å². The summed E-state index contributed by atoms with van der Waals surface area (Å²) in [6, 6.07) is 15.7. The van der Waals surface area contributed by atoms with E-state index in [0.29, 0.717) is 37.7 Å². The minimum atomic E-state index is -0.705. The molecule has 5 rings (SSSR count). The molecule has 0 saturated carbocycles. The van der Waals surface area contributed by atoms with Gasteiger partial charge in [-0.3, -0.25) is 9.59 Å². The van der Waals surface area contributed by atoms with E-state index >= 15 is 0 Å². The molecule has 8 nitrogen and oxygen atoms in total. The number of hydrogen-bond donors (Lipinski definition) is 0. The number of likely N-dealkylation sites (N-methyl/N-ethyl adjacent to an activating group) is 1. The second-order valence-electron chi connectivity index (χ2n) is 8.48. The SMILES string of the molecule is CN(C)C(=O)[C@H]1CN(C(=O)C2CCN(c3nc4ccccc4o3)CC2)c2ccccc2O1. The van der Waals surface area contributed by atoms with Crippen LogP contribution in [0.3, 0.4) is 0 Å². The minimum Gasteiger partial charge on any atom is -0.476 e. The van der Waals surface area contributed by atoms with Crippen LogP contribution in [-0.4, -0.2) is 61.5 Å². The first-order chi connectivity index (χ1) is 15.5. The zero-order chi connectivity index (χ0) is 22.2. The van der Waals surface area contributed by atoms with E-state index in [2.05, 4.69) is 9.88 Å². The number of oxazole rings is 1. The number of anilines is 2. The lowest BCUT2D eigenvalue weighted by atomic mass is 9.94. The molecule has 0 N–H and O–H groups in total. The van der Waals surface area contributed by atoms with Gasteiger partial charge in [0.1, 0.15) is 11.3 Å². The fraction of sp³-hybridized carbons (Fsp3) is 0.375. The molecule has 0 radical (unpaired) electrons. The molecule has 0 unspecified atom stereocenters. The minimum absolute atomic E-state index is 0.0366. The molecule has 1 fully saturated rings. The lowest BCUT2D eigenvalue weighted by Gasteiger charge is -2.38. The topological polar surface area (TPSA) is 79.1 Å². The van der Waals surface area contributed by atoms with Gasteiger partial charge in [0.15, 0.2) is 11.7 Å². The summed E-state index contributed by atoms with van der Waals surface area (Å²) in [6.07, 6.45) is 0.691. The van der Waals surface area contributed by atoms with Crippen molar-refractivity contribution in [3.63, 3.8) is 0 Å². The third-order valence-corrected chi connectivity index (χ3v) is 6.15. The molecule has 1 atom stereocenters. The Hall–Kier alpha value is -3.55. The van der Waals surface area contributed by atoms with Gasteiger partial charge >= 0.3 is 0 Å². The first-order valence-electron chi connectivity index (χ1n) is 10.9. The third kappa shape index (κ3) is 3.66. The van der Waals surface area contributed by atoms with Gasteiger partial charge in [-0.05, 0) is 37.1 Å². The second kappa shape index (κ2) is 8.18. The quantitative estimate of drug-likeness (QED) is 0.631. The predicted octanol–water partition coefficient (Wildman–Crippen LogP) is 2.93. The van der Waals surface area contributed by atoms with E-state index in [-0.39, 0.29) is 24.3 Å². The zero-order valence-electron chi connectivity index (χ0n) is 18.2. The summed E-state index contributed by atoms with van der Waals surface area (Å²) >= 11 is 0. The molecule has 3 aromatic rings. The highest BCUT2D eigenvalue weighted by atomic mass is 16.5. The average molecular weight is 434 g/mol. The molecule has 32 heavy (non-hydrogen) atoms. The van der Waals surface area contributed by atoms with Crippen LogP contribution in [0, 0.1) is 5.92 Å². The van der Waals surface area contributed by atoms with Crippen molar-refractivity contribution in [2.45, 2.75) is 18.9 Å². The fourth-order valence-electron chi connectivity index (χ4n) is 4.39. The number of carbonyl (C=O) groups excluding carboxylic acids is 2. The summed E-state index contributed by atoms with van der Waals surface area (Å²) in [5, 5.41) is 0. The maximum Gasteiger partial charge on any atom is 0.298 e. The molecule has 3 heterocycles. The van der Waals surface area contributed by atoms with E-state index in [0.717, 1.165) is 16.8 Å². The Morgan fingerprint density at radius 2 is 1.75 bits per heavy atom. The number of aromatic nitrogens is 1. The third-order valence-electron chi connectivity index (χ3n) is 6.15. The predicted molar refractivity (Wildman–Crippen MR) is 121 cm³/mol. The van der Waals surface area contributed by atoms with Crippen LogP contribution in [0.1, 0.15) is 12.8 Å². The zero-order valence-corrected chi connectivity index (χ0v) is 18.2. The van der Waals surface area contributed by atoms with Gasteiger partial charge in [0.05, 0.1) is 12.2 Å². The molecule has 2 amide bonds. The summed E-state index contributed by atoms with van der Waals surface area (Å²) in [7, 11) is 3.39. The maximum atomic E-state index is 13.5. The summed E-state index contributed by atoms with van der Waals surface area (Å²) in [4.78, 5) is 36.0. The number of amides is 2. The first kappa shape index (κ1) is 20.4. The molecule has 2 aromatic carbocycles. The van der Waals surface area contributed by atoms with Crippen LogP contribution in [0.25, 0.3) is 11.1 Å². The van der Waals surface area contributed by atoms with Crippen LogP contribution >= 0.6 is 0 Å². The molecule has 0 bridgehead atoms. The van der Waals surface area contributed by atoms with Gasteiger partial charge in [-0.2, -0.15) is 4.98 Å². The Labute approximate surface area is 186 Å². The molecule has 2 aliphatic rings. The Morgan fingerprint density at radius 1 is 1.03 bits per heavy atom. The van der Waals surface area contributed by atoms with Gasteiger partial charge in [-0.1, -0.05) is 24.3 Å². The molecular weight excluding hydrogens is 408 g/mol. The van der Waals surface area contributed by atoms with Gasteiger partial charge in [-0.15, -0.1) is 0 Å². The van der Waals surface area contributed by atoms with Crippen LogP contribution in [0.4, 0.5) is 11.7 Å². The number of benzene rings is 2. The monoisotopic (exact) mass is 434 g/mol. The van der Waals surface area contributed by atoms with E-state index < -0.39 is 6.10 Å². The van der Waals surface area contributed by atoms with E-state index in [1.165, 1.54) is 4.90 Å². The van der Waals surface area contributed by atoms with E-state index in [4.69, 9.17) is 9.15 Å². The van der Waals surface area contributed by atoms with Crippen LogP contribution in [-0.2, 0) is 9.59 Å². The number of hydrogen-bond acceptors (Lipinski definition) is 6. The Balaban J connectivity index is 1.31. The largest absolute Gasteiger partial charge is 0.476 e. The Kier molecular flexibility index (Phi) is 5.20. The standard InChI is InChI=1S/C24H26N4O4/c1-26(2)23(30)21-15-28(18-8-4-6-10-20(18)31-21)22(29)16-11-13-27(14-12-16)24-25-17-7-3-5-9-19(17)32-24/h3-10,16,21H,11-15H2,1-2H3/t21-/m1/s1. The second-order valence-corrected chi connectivity index (χ2v) is 8.48. The van der Waals surface area contributed by atoms with Crippen molar-refractivity contribution in [1.82, 2.24) is 9.88 Å². The van der Waals surface area contributed by atoms with Gasteiger partial charge < -0.3 is 23.9 Å². The van der Waals surface area contributed by atoms with Gasteiger partial charge in [-0.25, -0.2) is 0 Å². The maximum absolute atomic E-state index is 13.5. The molecule has 8 heteroatoms. The molecule has 166 valence electrons. The van der Waals surface area contributed by atoms with Crippen molar-refractivity contribution in [1.29, 1.82) is 0 Å². The number of carbonyl (C=O) groups is 2. The number of nitrogens with zero attached hydrogens (tertiary/aromatic N) is 4. The van der Waals surface area contributed by atoms with Crippen molar-refractivity contribution in [2.24, 2.45) is 5.92 Å². The number of piperidine rings is 1. The van der Waals surface area contributed by atoms with Crippen LogP contribution in [0.5, 0.6) is 5.75 Å². The highest BCUT2D eigenvalue weighted by Gasteiger charge is 2.38. The van der Waals surface area contributed by atoms with Crippen molar-refractivity contribution in [3.05, 3.63) is 48.5 Å². The van der Waals surface area contributed by atoms with Crippen molar-refractivity contribution in [3.8, 4) is 5.75 Å². The summed E-state index contributed by atoms with van der Waals surface area (Å²) in [5.41, 5.74) is 2.33. The number of para-hydroxylation sites is 4. The Bertz CT molecular complexity index is 1120. The first-order valence-corrected chi connectivity index (χ1v) is 10.9. The van der Waals surface area contributed by atoms with Crippen LogP contribution in [0.2, 0.25) is 0 Å². The number of ether oxygens (including phenoxy) is 1. The molecule has 1 saturated heterocycles.